The van der Waals surface area contributed by atoms with Crippen LogP contribution < -0.4 is 0 Å². The molecule has 0 spiro atoms. The van der Waals surface area contributed by atoms with Crippen molar-refractivity contribution in [2.45, 2.75) is 46.8 Å². The maximum atomic E-state index is 13.1. The van der Waals surface area contributed by atoms with Crippen LogP contribution in [0.15, 0.2) is 49.1 Å². The summed E-state index contributed by atoms with van der Waals surface area (Å²) in [4.78, 5) is 19.3. The number of benzene rings is 1. The maximum absolute atomic E-state index is 13.1. The van der Waals surface area contributed by atoms with Gasteiger partial charge in [0.05, 0.1) is 17.8 Å². The van der Waals surface area contributed by atoms with E-state index in [2.05, 4.69) is 54.3 Å². The Kier molecular flexibility index (Phi) is 3.78. The van der Waals surface area contributed by atoms with E-state index in [1.807, 2.05) is 30.7 Å². The van der Waals surface area contributed by atoms with Gasteiger partial charge < -0.3 is 9.47 Å². The van der Waals surface area contributed by atoms with Gasteiger partial charge in [-0.25, -0.2) is 4.98 Å². The van der Waals surface area contributed by atoms with Gasteiger partial charge in [-0.15, -0.1) is 0 Å². The zero-order valence-corrected chi connectivity index (χ0v) is 14.4. The van der Waals surface area contributed by atoms with Crippen molar-refractivity contribution in [1.82, 2.24) is 14.5 Å². The van der Waals surface area contributed by atoms with E-state index in [-0.39, 0.29) is 22.8 Å². The minimum Gasteiger partial charge on any atom is -0.335 e. The lowest BCUT2D eigenvalue weighted by atomic mass is 9.67. The van der Waals surface area contributed by atoms with Gasteiger partial charge in [0.1, 0.15) is 0 Å². The van der Waals surface area contributed by atoms with Crippen LogP contribution in [0.4, 0.5) is 0 Å². The molecule has 1 fully saturated rings. The summed E-state index contributed by atoms with van der Waals surface area (Å²) in [6.07, 6.45) is 5.58. The molecule has 1 aromatic heterocycles. The number of imidazole rings is 1. The van der Waals surface area contributed by atoms with Crippen LogP contribution in [-0.2, 0) is 17.9 Å². The lowest BCUT2D eigenvalue weighted by molar-refractivity contribution is -0.136. The largest absolute Gasteiger partial charge is 0.335 e. The Bertz CT molecular complexity index is 674. The summed E-state index contributed by atoms with van der Waals surface area (Å²) in [7, 11) is 0. The van der Waals surface area contributed by atoms with Crippen molar-refractivity contribution < 1.29 is 4.79 Å². The second-order valence-electron chi connectivity index (χ2n) is 7.54. The molecule has 2 heterocycles. The lowest BCUT2D eigenvalue weighted by Gasteiger charge is -2.37. The monoisotopic (exact) mass is 311 g/mol. The second kappa shape index (κ2) is 5.52. The molecule has 0 radical (unpaired) electrons. The van der Waals surface area contributed by atoms with Crippen molar-refractivity contribution in [2.24, 2.45) is 10.8 Å². The third-order valence-corrected chi connectivity index (χ3v) is 5.75. The predicted octanol–water partition coefficient (Wildman–Crippen LogP) is 3.35. The van der Waals surface area contributed by atoms with Crippen molar-refractivity contribution in [1.29, 1.82) is 0 Å². The number of likely N-dealkylation sites (tertiary alicyclic amines) is 1. The maximum Gasteiger partial charge on any atom is 0.229 e. The van der Waals surface area contributed by atoms with Crippen LogP contribution in [0.3, 0.4) is 0 Å². The highest BCUT2D eigenvalue weighted by molar-refractivity contribution is 5.86. The second-order valence-corrected chi connectivity index (χ2v) is 7.54. The van der Waals surface area contributed by atoms with E-state index in [1.54, 1.807) is 6.20 Å². The Morgan fingerprint density at radius 2 is 1.83 bits per heavy atom. The Balaban J connectivity index is 1.94. The van der Waals surface area contributed by atoms with Crippen molar-refractivity contribution in [3.8, 4) is 0 Å². The van der Waals surface area contributed by atoms with Crippen LogP contribution in [0.25, 0.3) is 0 Å². The SMILES string of the molecule is CC1(C)C(=O)N(Cc2ccccc2)[C@H](Cn2ccnc2)C1(C)C. The summed E-state index contributed by atoms with van der Waals surface area (Å²) in [5, 5.41) is 0. The van der Waals surface area contributed by atoms with E-state index in [9.17, 15) is 4.79 Å². The number of amides is 1. The van der Waals surface area contributed by atoms with E-state index in [4.69, 9.17) is 0 Å². The van der Waals surface area contributed by atoms with Crippen molar-refractivity contribution >= 4 is 5.91 Å². The number of rotatable bonds is 4. The van der Waals surface area contributed by atoms with Gasteiger partial charge in [-0.1, -0.05) is 58.0 Å². The van der Waals surface area contributed by atoms with E-state index < -0.39 is 0 Å². The summed E-state index contributed by atoms with van der Waals surface area (Å²) >= 11 is 0. The molecule has 1 atom stereocenters. The van der Waals surface area contributed by atoms with Gasteiger partial charge in [0.15, 0.2) is 0 Å². The molecule has 4 heteroatoms. The molecule has 0 bridgehead atoms. The molecule has 2 aromatic rings. The summed E-state index contributed by atoms with van der Waals surface area (Å²) < 4.78 is 2.07. The van der Waals surface area contributed by atoms with Crippen LogP contribution in [-0.4, -0.2) is 26.4 Å². The molecule has 0 saturated carbocycles. The van der Waals surface area contributed by atoms with Crippen LogP contribution in [0.5, 0.6) is 0 Å². The molecule has 4 nitrogen and oxygen atoms in total. The van der Waals surface area contributed by atoms with Gasteiger partial charge in [-0.2, -0.15) is 0 Å². The molecular weight excluding hydrogens is 286 g/mol. The highest BCUT2D eigenvalue weighted by Crippen LogP contribution is 2.51. The molecule has 0 N–H and O–H groups in total. The fraction of sp³-hybridized carbons (Fsp3) is 0.474. The fourth-order valence-electron chi connectivity index (χ4n) is 3.47. The van der Waals surface area contributed by atoms with Crippen LogP contribution in [0, 0.1) is 10.8 Å². The van der Waals surface area contributed by atoms with Gasteiger partial charge in [0, 0.05) is 30.9 Å². The zero-order valence-electron chi connectivity index (χ0n) is 14.4. The molecule has 1 saturated heterocycles. The van der Waals surface area contributed by atoms with Crippen LogP contribution in [0.1, 0.15) is 33.3 Å². The molecule has 23 heavy (non-hydrogen) atoms. The summed E-state index contributed by atoms with van der Waals surface area (Å²) in [5.41, 5.74) is 0.667. The first-order valence-electron chi connectivity index (χ1n) is 8.15. The standard InChI is InChI=1S/C19H25N3O/c1-18(2)16(13-21-11-10-20-14-21)22(17(23)19(18,3)4)12-15-8-6-5-7-9-15/h5-11,14,16H,12-13H2,1-4H3/t16-/m1/s1. The Morgan fingerprint density at radius 1 is 1.13 bits per heavy atom. The third-order valence-electron chi connectivity index (χ3n) is 5.75. The van der Waals surface area contributed by atoms with Gasteiger partial charge in [0.2, 0.25) is 5.91 Å². The number of carbonyl (C=O) groups is 1. The number of aromatic nitrogens is 2. The molecule has 1 aliphatic rings. The number of hydrogen-bond acceptors (Lipinski definition) is 2. The van der Waals surface area contributed by atoms with E-state index in [1.165, 1.54) is 5.56 Å². The quantitative estimate of drug-likeness (QED) is 0.868. The normalized spacial score (nSPS) is 22.5. The molecule has 0 aliphatic carbocycles. The average molecular weight is 311 g/mol. The van der Waals surface area contributed by atoms with Gasteiger partial charge in [0.25, 0.3) is 0 Å². The molecule has 1 amide bonds. The van der Waals surface area contributed by atoms with Crippen molar-refractivity contribution in [3.05, 3.63) is 54.6 Å². The zero-order chi connectivity index (χ0) is 16.7. The van der Waals surface area contributed by atoms with Gasteiger partial charge in [-0.05, 0) is 5.56 Å². The Labute approximate surface area is 138 Å². The van der Waals surface area contributed by atoms with E-state index in [0.717, 1.165) is 6.54 Å². The molecule has 1 aliphatic heterocycles. The van der Waals surface area contributed by atoms with Crippen LogP contribution >= 0.6 is 0 Å². The highest BCUT2D eigenvalue weighted by Gasteiger charge is 2.58. The number of hydrogen-bond donors (Lipinski definition) is 0. The smallest absolute Gasteiger partial charge is 0.229 e. The Morgan fingerprint density at radius 3 is 2.43 bits per heavy atom. The number of carbonyl (C=O) groups excluding carboxylic acids is 1. The average Bonchev–Trinajstić information content (AvgIpc) is 3.07. The first-order chi connectivity index (χ1) is 10.8. The highest BCUT2D eigenvalue weighted by atomic mass is 16.2. The molecule has 1 aromatic carbocycles. The van der Waals surface area contributed by atoms with Gasteiger partial charge in [-0.3, -0.25) is 4.79 Å². The predicted molar refractivity (Wildman–Crippen MR) is 90.6 cm³/mol. The van der Waals surface area contributed by atoms with Crippen LogP contribution in [0.2, 0.25) is 0 Å². The fourth-order valence-corrected chi connectivity index (χ4v) is 3.47. The Hall–Kier alpha value is -2.10. The minimum atomic E-state index is -0.382. The minimum absolute atomic E-state index is 0.122. The summed E-state index contributed by atoms with van der Waals surface area (Å²) in [6, 6.07) is 10.4. The molecular formula is C19H25N3O. The topological polar surface area (TPSA) is 38.1 Å². The molecule has 3 rings (SSSR count). The summed E-state index contributed by atoms with van der Waals surface area (Å²) in [6.45, 7) is 9.98. The third kappa shape index (κ3) is 2.56. The summed E-state index contributed by atoms with van der Waals surface area (Å²) in [5.74, 6) is 0.233. The van der Waals surface area contributed by atoms with E-state index in [0.29, 0.717) is 6.54 Å². The van der Waals surface area contributed by atoms with E-state index >= 15 is 0 Å². The first-order valence-corrected chi connectivity index (χ1v) is 8.15. The first kappa shape index (κ1) is 15.8. The van der Waals surface area contributed by atoms with Gasteiger partial charge >= 0.3 is 0 Å². The molecule has 0 unspecified atom stereocenters. The number of nitrogens with zero attached hydrogens (tertiary/aromatic N) is 3. The molecule has 122 valence electrons. The van der Waals surface area contributed by atoms with Crippen molar-refractivity contribution in [3.63, 3.8) is 0 Å². The van der Waals surface area contributed by atoms with Crippen molar-refractivity contribution in [2.75, 3.05) is 0 Å². The lowest BCUT2D eigenvalue weighted by Crippen LogP contribution is -2.41.